The number of fused-ring (bicyclic) bond motifs is 2. The number of nitrogens with zero attached hydrogens (tertiary/aromatic N) is 1. The van der Waals surface area contributed by atoms with Crippen molar-refractivity contribution in [2.45, 2.75) is 25.3 Å². The zero-order valence-corrected chi connectivity index (χ0v) is 15.4. The number of hydrogen-bond donors (Lipinski definition) is 5. The highest BCUT2D eigenvalue weighted by Crippen LogP contribution is 2.24. The third-order valence-corrected chi connectivity index (χ3v) is 4.95. The monoisotopic (exact) mass is 393 g/mol. The number of urea groups is 1. The number of phenolic OH excluding ortho intramolecular Hbond substituents is 1. The normalized spacial score (nSPS) is 15.4. The number of H-pyrrole nitrogens is 1. The number of amides is 3. The van der Waals surface area contributed by atoms with Crippen LogP contribution in [0.1, 0.15) is 28.0 Å². The molecule has 1 aliphatic carbocycles. The van der Waals surface area contributed by atoms with Crippen molar-refractivity contribution >= 4 is 22.7 Å². The molecule has 1 unspecified atom stereocenters. The minimum atomic E-state index is -0.642. The van der Waals surface area contributed by atoms with E-state index in [1.165, 1.54) is 0 Å². The lowest BCUT2D eigenvalue weighted by atomic mass is 9.88. The average molecular weight is 393 g/mol. The van der Waals surface area contributed by atoms with E-state index in [9.17, 15) is 19.5 Å². The smallest absolute Gasteiger partial charge is 0.333 e. The number of aryl methyl sites for hydroxylation is 1. The van der Waals surface area contributed by atoms with Crippen molar-refractivity contribution in [1.82, 2.24) is 26.4 Å². The molecule has 5 N–H and O–H groups in total. The molecular weight excluding hydrogens is 374 g/mol. The van der Waals surface area contributed by atoms with Gasteiger partial charge in [0, 0.05) is 11.4 Å². The second kappa shape index (κ2) is 7.63. The van der Waals surface area contributed by atoms with E-state index in [1.54, 1.807) is 36.4 Å². The van der Waals surface area contributed by atoms with Gasteiger partial charge in [-0.15, -0.1) is 0 Å². The molecule has 0 spiro atoms. The molecule has 3 amide bonds. The van der Waals surface area contributed by atoms with Gasteiger partial charge in [-0.2, -0.15) is 5.10 Å². The molecule has 0 saturated heterocycles. The zero-order chi connectivity index (χ0) is 20.4. The van der Waals surface area contributed by atoms with Gasteiger partial charge >= 0.3 is 6.03 Å². The van der Waals surface area contributed by atoms with Gasteiger partial charge in [-0.25, -0.2) is 15.3 Å². The molecule has 3 aromatic rings. The summed E-state index contributed by atoms with van der Waals surface area (Å²) in [5, 5.41) is 19.2. The van der Waals surface area contributed by atoms with Crippen LogP contribution >= 0.6 is 0 Å². The Balaban J connectivity index is 1.37. The second-order valence-electron chi connectivity index (χ2n) is 6.89. The van der Waals surface area contributed by atoms with Crippen LogP contribution in [-0.2, 0) is 12.8 Å². The minimum Gasteiger partial charge on any atom is -0.508 e. The quantitative estimate of drug-likeness (QED) is 0.416. The molecule has 1 aliphatic rings. The van der Waals surface area contributed by atoms with E-state index in [0.717, 1.165) is 24.0 Å². The van der Waals surface area contributed by atoms with Gasteiger partial charge in [0.1, 0.15) is 5.75 Å². The molecule has 0 radical (unpaired) electrons. The lowest BCUT2D eigenvalue weighted by Gasteiger charge is -2.25. The Labute approximate surface area is 165 Å². The van der Waals surface area contributed by atoms with Gasteiger partial charge < -0.3 is 10.4 Å². The maximum Gasteiger partial charge on any atom is 0.333 e. The van der Waals surface area contributed by atoms with Gasteiger partial charge in [0.2, 0.25) is 0 Å². The lowest BCUT2D eigenvalue weighted by molar-refractivity contribution is 0.0931. The molecule has 9 nitrogen and oxygen atoms in total. The zero-order valence-electron chi connectivity index (χ0n) is 15.4. The fourth-order valence-corrected chi connectivity index (χ4v) is 3.55. The van der Waals surface area contributed by atoms with Crippen LogP contribution in [0.3, 0.4) is 0 Å². The van der Waals surface area contributed by atoms with Crippen molar-refractivity contribution in [2.24, 2.45) is 0 Å². The van der Waals surface area contributed by atoms with Gasteiger partial charge in [-0.05, 0) is 48.6 Å². The van der Waals surface area contributed by atoms with Crippen LogP contribution in [0, 0.1) is 0 Å². The Morgan fingerprint density at radius 1 is 1.07 bits per heavy atom. The first-order valence-electron chi connectivity index (χ1n) is 9.16. The average Bonchev–Trinajstić information content (AvgIpc) is 2.72. The highest BCUT2D eigenvalue weighted by molar-refractivity contribution is 6.05. The van der Waals surface area contributed by atoms with Gasteiger partial charge in [-0.1, -0.05) is 24.3 Å². The van der Waals surface area contributed by atoms with E-state index in [0.29, 0.717) is 17.2 Å². The number of aromatic amines is 1. The Morgan fingerprint density at radius 3 is 2.69 bits per heavy atom. The minimum absolute atomic E-state index is 0.00639. The SMILES string of the molecule is O=C(NNC(=O)c1n[nH]c(=O)c2ccccc12)NC1CCc2cc(O)ccc2C1. The number of hydrazine groups is 1. The number of benzene rings is 2. The molecule has 0 saturated carbocycles. The Morgan fingerprint density at radius 2 is 1.86 bits per heavy atom. The van der Waals surface area contributed by atoms with Gasteiger partial charge in [-0.3, -0.25) is 15.0 Å². The van der Waals surface area contributed by atoms with Gasteiger partial charge in [0.15, 0.2) is 5.69 Å². The molecule has 2 aromatic carbocycles. The molecule has 148 valence electrons. The lowest BCUT2D eigenvalue weighted by Crippen LogP contribution is -2.51. The third-order valence-electron chi connectivity index (χ3n) is 4.95. The molecule has 4 rings (SSSR count). The number of carbonyl (C=O) groups excluding carboxylic acids is 2. The molecule has 0 fully saturated rings. The molecule has 0 bridgehead atoms. The summed E-state index contributed by atoms with van der Waals surface area (Å²) >= 11 is 0. The van der Waals surface area contributed by atoms with Crippen molar-refractivity contribution in [3.8, 4) is 5.75 Å². The number of nitrogens with one attached hydrogen (secondary N) is 4. The maximum atomic E-state index is 12.4. The van der Waals surface area contributed by atoms with Crippen molar-refractivity contribution in [3.05, 3.63) is 69.6 Å². The van der Waals surface area contributed by atoms with Crippen molar-refractivity contribution in [3.63, 3.8) is 0 Å². The summed E-state index contributed by atoms with van der Waals surface area (Å²) < 4.78 is 0. The summed E-state index contributed by atoms with van der Waals surface area (Å²) in [6.07, 6.45) is 2.11. The van der Waals surface area contributed by atoms with E-state index in [4.69, 9.17) is 0 Å². The highest BCUT2D eigenvalue weighted by Gasteiger charge is 2.21. The van der Waals surface area contributed by atoms with Crippen LogP contribution in [0.5, 0.6) is 5.75 Å². The van der Waals surface area contributed by atoms with E-state index >= 15 is 0 Å². The fraction of sp³-hybridized carbons (Fsp3) is 0.200. The van der Waals surface area contributed by atoms with Crippen LogP contribution in [0.25, 0.3) is 10.8 Å². The number of carbonyl (C=O) groups is 2. The second-order valence-corrected chi connectivity index (χ2v) is 6.89. The van der Waals surface area contributed by atoms with Crippen LogP contribution in [0.4, 0.5) is 4.79 Å². The number of rotatable bonds is 2. The summed E-state index contributed by atoms with van der Waals surface area (Å²) in [7, 11) is 0. The molecular formula is C20H19N5O4. The van der Waals surface area contributed by atoms with Crippen LogP contribution in [-0.4, -0.2) is 33.3 Å². The molecule has 0 aliphatic heterocycles. The van der Waals surface area contributed by atoms with E-state index in [2.05, 4.69) is 26.4 Å². The number of phenols is 1. The molecule has 1 atom stereocenters. The summed E-state index contributed by atoms with van der Waals surface area (Å²) in [4.78, 5) is 36.4. The van der Waals surface area contributed by atoms with Crippen LogP contribution in [0.15, 0.2) is 47.3 Å². The van der Waals surface area contributed by atoms with Crippen molar-refractivity contribution in [2.75, 3.05) is 0 Å². The van der Waals surface area contributed by atoms with Crippen LogP contribution < -0.4 is 21.7 Å². The van der Waals surface area contributed by atoms with E-state index in [1.807, 2.05) is 6.07 Å². The standard InChI is InChI=1S/C20H19N5O4/c26-14-8-6-11-9-13(7-5-12(11)10-14)21-20(29)25-24-19(28)17-15-3-1-2-4-16(15)18(27)23-22-17/h1-4,6,8,10,13,26H,5,7,9H2,(H,23,27)(H,24,28)(H2,21,25,29). The fourth-order valence-electron chi connectivity index (χ4n) is 3.55. The summed E-state index contributed by atoms with van der Waals surface area (Å²) in [6.45, 7) is 0. The topological polar surface area (TPSA) is 136 Å². The highest BCUT2D eigenvalue weighted by atomic mass is 16.3. The third kappa shape index (κ3) is 3.88. The number of aromatic nitrogens is 2. The van der Waals surface area contributed by atoms with Crippen LogP contribution in [0.2, 0.25) is 0 Å². The molecule has 9 heteroatoms. The summed E-state index contributed by atoms with van der Waals surface area (Å²) in [6, 6.07) is 11.2. The summed E-state index contributed by atoms with van der Waals surface area (Å²) in [5.41, 5.74) is 6.39. The number of hydrogen-bond acceptors (Lipinski definition) is 5. The van der Waals surface area contributed by atoms with Gasteiger partial charge in [0.05, 0.1) is 5.39 Å². The largest absolute Gasteiger partial charge is 0.508 e. The first-order chi connectivity index (χ1) is 14.0. The van der Waals surface area contributed by atoms with Crippen molar-refractivity contribution < 1.29 is 14.7 Å². The maximum absolute atomic E-state index is 12.4. The van der Waals surface area contributed by atoms with E-state index < -0.39 is 17.5 Å². The Bertz CT molecular complexity index is 1160. The predicted octanol–water partition coefficient (Wildman–Crippen LogP) is 1.13. The van der Waals surface area contributed by atoms with Crippen molar-refractivity contribution in [1.29, 1.82) is 0 Å². The number of aromatic hydroxyl groups is 1. The summed E-state index contributed by atoms with van der Waals surface area (Å²) in [5.74, 6) is -0.406. The Kier molecular flexibility index (Phi) is 4.86. The Hall–Kier alpha value is -3.88. The molecule has 29 heavy (non-hydrogen) atoms. The van der Waals surface area contributed by atoms with E-state index in [-0.39, 0.29) is 17.5 Å². The first kappa shape index (κ1) is 18.5. The first-order valence-corrected chi connectivity index (χ1v) is 9.16. The predicted molar refractivity (Wildman–Crippen MR) is 105 cm³/mol. The molecule has 1 aromatic heterocycles. The molecule has 1 heterocycles. The van der Waals surface area contributed by atoms with Gasteiger partial charge in [0.25, 0.3) is 11.5 Å².